The van der Waals surface area contributed by atoms with Crippen molar-refractivity contribution >= 4 is 21.6 Å². The summed E-state index contributed by atoms with van der Waals surface area (Å²) in [5.41, 5.74) is 1.04. The van der Waals surface area contributed by atoms with Gasteiger partial charge in [-0.15, -0.1) is 11.3 Å². The van der Waals surface area contributed by atoms with Gasteiger partial charge >= 0.3 is 0 Å². The van der Waals surface area contributed by atoms with Gasteiger partial charge in [-0.25, -0.2) is 9.37 Å². The number of thiazole rings is 1. The quantitative estimate of drug-likeness (QED) is 0.586. The molecule has 0 spiro atoms. The molecule has 7 heteroatoms. The molecule has 29 heavy (non-hydrogen) atoms. The minimum Gasteiger partial charge on any atom is -0.491 e. The Morgan fingerprint density at radius 1 is 1.21 bits per heavy atom. The van der Waals surface area contributed by atoms with Crippen LogP contribution in [0.3, 0.4) is 0 Å². The van der Waals surface area contributed by atoms with E-state index in [-0.39, 0.29) is 18.6 Å². The average molecular weight is 416 g/mol. The third-order valence-electron chi connectivity index (χ3n) is 5.14. The fourth-order valence-corrected chi connectivity index (χ4v) is 4.61. The highest BCUT2D eigenvalue weighted by Crippen LogP contribution is 2.22. The number of likely N-dealkylation sites (tertiary alicyclic amines) is 1. The smallest absolute Gasteiger partial charge is 0.123 e. The molecule has 1 aromatic heterocycles. The van der Waals surface area contributed by atoms with Crippen LogP contribution in [0.1, 0.15) is 24.3 Å². The molecule has 2 unspecified atom stereocenters. The number of piperidine rings is 1. The molecule has 2 N–H and O–H groups in total. The van der Waals surface area contributed by atoms with Gasteiger partial charge in [0.2, 0.25) is 0 Å². The first-order chi connectivity index (χ1) is 14.2. The van der Waals surface area contributed by atoms with E-state index in [0.717, 1.165) is 36.5 Å². The van der Waals surface area contributed by atoms with Crippen molar-refractivity contribution < 1.29 is 14.2 Å². The highest BCUT2D eigenvalue weighted by atomic mass is 32.1. The number of nitrogens with one attached hydrogen (secondary N) is 1. The summed E-state index contributed by atoms with van der Waals surface area (Å²) in [4.78, 5) is 6.98. The van der Waals surface area contributed by atoms with Crippen molar-refractivity contribution in [1.29, 1.82) is 0 Å². The van der Waals surface area contributed by atoms with Gasteiger partial charge in [0.25, 0.3) is 0 Å². The molecule has 1 saturated heterocycles. The molecule has 1 aliphatic rings. The van der Waals surface area contributed by atoms with Gasteiger partial charge in [-0.1, -0.05) is 12.1 Å². The van der Waals surface area contributed by atoms with Gasteiger partial charge in [-0.3, -0.25) is 10.2 Å². The number of rotatable bonds is 8. The second-order valence-electron chi connectivity index (χ2n) is 7.38. The first-order valence-corrected chi connectivity index (χ1v) is 10.9. The number of halogens is 1. The molecule has 2 aromatic carbocycles. The minimum atomic E-state index is -0.607. The predicted octanol–water partition coefficient (Wildman–Crippen LogP) is 3.78. The Bertz CT molecular complexity index is 885. The summed E-state index contributed by atoms with van der Waals surface area (Å²) < 4.78 is 19.8. The minimum absolute atomic E-state index is 0.187. The number of benzene rings is 2. The number of β-amino-alcohol motifs (C(OH)–C–C–N with tert-alkyl or cyclic N) is 1. The summed E-state index contributed by atoms with van der Waals surface area (Å²) in [6.07, 6.45) is 2.97. The second-order valence-corrected chi connectivity index (χ2v) is 8.50. The highest BCUT2D eigenvalue weighted by Gasteiger charge is 2.24. The zero-order valence-electron chi connectivity index (χ0n) is 16.3. The Morgan fingerprint density at radius 2 is 2.03 bits per heavy atom. The lowest BCUT2D eigenvalue weighted by molar-refractivity contribution is 0.0302. The lowest BCUT2D eigenvalue weighted by atomic mass is 10.1. The van der Waals surface area contributed by atoms with Crippen LogP contribution >= 0.6 is 11.3 Å². The molecule has 0 amide bonds. The summed E-state index contributed by atoms with van der Waals surface area (Å²) in [5, 5.41) is 15.1. The van der Waals surface area contributed by atoms with Crippen LogP contribution in [0.4, 0.5) is 4.39 Å². The second kappa shape index (κ2) is 9.63. The molecule has 0 radical (unpaired) electrons. The number of hydrogen-bond acceptors (Lipinski definition) is 6. The maximum Gasteiger partial charge on any atom is 0.123 e. The van der Waals surface area contributed by atoms with E-state index in [1.165, 1.54) is 23.3 Å². The van der Waals surface area contributed by atoms with Crippen molar-refractivity contribution in [2.75, 3.05) is 19.7 Å². The monoisotopic (exact) mass is 415 g/mol. The van der Waals surface area contributed by atoms with E-state index in [1.807, 2.05) is 18.2 Å². The summed E-state index contributed by atoms with van der Waals surface area (Å²) in [6.45, 7) is 2.40. The first kappa shape index (κ1) is 20.2. The van der Waals surface area contributed by atoms with Crippen molar-refractivity contribution in [1.82, 2.24) is 15.2 Å². The van der Waals surface area contributed by atoms with E-state index in [9.17, 15) is 9.50 Å². The number of hydrogen-bond donors (Lipinski definition) is 2. The maximum absolute atomic E-state index is 13.0. The molecule has 0 bridgehead atoms. The Kier molecular flexibility index (Phi) is 6.71. The Balaban J connectivity index is 1.29. The summed E-state index contributed by atoms with van der Waals surface area (Å²) in [5.74, 6) is 0.267. The highest BCUT2D eigenvalue weighted by molar-refractivity contribution is 7.18. The van der Waals surface area contributed by atoms with E-state index >= 15 is 0 Å². The molecule has 4 rings (SSSR count). The van der Waals surface area contributed by atoms with Gasteiger partial charge in [0.15, 0.2) is 0 Å². The molecule has 0 saturated carbocycles. The zero-order chi connectivity index (χ0) is 20.1. The van der Waals surface area contributed by atoms with Gasteiger partial charge in [0.1, 0.15) is 29.3 Å². The molecule has 1 fully saturated rings. The first-order valence-electron chi connectivity index (χ1n) is 10.1. The van der Waals surface area contributed by atoms with Gasteiger partial charge in [0, 0.05) is 13.1 Å². The predicted molar refractivity (Wildman–Crippen MR) is 114 cm³/mol. The van der Waals surface area contributed by atoms with Gasteiger partial charge in [-0.05, 0) is 62.2 Å². The van der Waals surface area contributed by atoms with Crippen LogP contribution in [0.15, 0.2) is 48.5 Å². The molecular weight excluding hydrogens is 389 g/mol. The number of ether oxygens (including phenoxy) is 1. The SMILES string of the molecule is OC(COc1ccc(F)cc1)CN1CCCCC1NCc1nc2ccccc2s1. The van der Waals surface area contributed by atoms with Crippen LogP contribution < -0.4 is 10.1 Å². The lowest BCUT2D eigenvalue weighted by Gasteiger charge is -2.37. The van der Waals surface area contributed by atoms with E-state index in [2.05, 4.69) is 16.3 Å². The normalized spacial score (nSPS) is 18.8. The van der Waals surface area contributed by atoms with Crippen molar-refractivity contribution in [3.63, 3.8) is 0 Å². The third kappa shape index (κ3) is 5.51. The number of aromatic nitrogens is 1. The van der Waals surface area contributed by atoms with E-state index in [0.29, 0.717) is 12.3 Å². The Labute approximate surface area is 174 Å². The van der Waals surface area contributed by atoms with Crippen molar-refractivity contribution in [3.05, 3.63) is 59.4 Å². The number of aliphatic hydroxyl groups is 1. The van der Waals surface area contributed by atoms with Gasteiger partial charge in [-0.2, -0.15) is 0 Å². The number of para-hydroxylation sites is 1. The number of nitrogens with zero attached hydrogens (tertiary/aromatic N) is 2. The third-order valence-corrected chi connectivity index (χ3v) is 6.18. The van der Waals surface area contributed by atoms with E-state index in [1.54, 1.807) is 23.5 Å². The average Bonchev–Trinajstić information content (AvgIpc) is 3.16. The topological polar surface area (TPSA) is 57.6 Å². The summed E-state index contributed by atoms with van der Waals surface area (Å²) in [7, 11) is 0. The van der Waals surface area contributed by atoms with Crippen LogP contribution in [0, 0.1) is 5.82 Å². The molecule has 2 heterocycles. The molecule has 2 atom stereocenters. The van der Waals surface area contributed by atoms with Crippen LogP contribution in [0.2, 0.25) is 0 Å². The molecule has 5 nitrogen and oxygen atoms in total. The number of fused-ring (bicyclic) bond motifs is 1. The van der Waals surface area contributed by atoms with Gasteiger partial charge < -0.3 is 9.84 Å². The largest absolute Gasteiger partial charge is 0.491 e. The standard InChI is InChI=1S/C22H26FN3O2S/c23-16-8-10-18(11-9-16)28-15-17(27)14-26-12-4-3-7-21(26)24-13-22-25-19-5-1-2-6-20(19)29-22/h1-2,5-6,8-11,17,21,24,27H,3-4,7,12-15H2. The van der Waals surface area contributed by atoms with Gasteiger partial charge in [0.05, 0.1) is 16.4 Å². The molecule has 154 valence electrons. The van der Waals surface area contributed by atoms with Crippen LogP contribution in [-0.4, -0.2) is 47.0 Å². The zero-order valence-corrected chi connectivity index (χ0v) is 17.1. The number of aliphatic hydroxyl groups excluding tert-OH is 1. The van der Waals surface area contributed by atoms with Crippen LogP contribution in [0.5, 0.6) is 5.75 Å². The fraction of sp³-hybridized carbons (Fsp3) is 0.409. The van der Waals surface area contributed by atoms with Crippen molar-refractivity contribution in [2.24, 2.45) is 0 Å². The lowest BCUT2D eigenvalue weighted by Crippen LogP contribution is -2.51. The summed E-state index contributed by atoms with van der Waals surface area (Å²) >= 11 is 1.72. The maximum atomic E-state index is 13.0. The fourth-order valence-electron chi connectivity index (χ4n) is 3.69. The van der Waals surface area contributed by atoms with Crippen molar-refractivity contribution in [3.8, 4) is 5.75 Å². The molecular formula is C22H26FN3O2S. The van der Waals surface area contributed by atoms with E-state index in [4.69, 9.17) is 9.72 Å². The molecule has 0 aliphatic carbocycles. The molecule has 1 aliphatic heterocycles. The van der Waals surface area contributed by atoms with Crippen LogP contribution in [-0.2, 0) is 6.54 Å². The van der Waals surface area contributed by atoms with Crippen molar-refractivity contribution in [2.45, 2.75) is 38.1 Å². The van der Waals surface area contributed by atoms with Crippen LogP contribution in [0.25, 0.3) is 10.2 Å². The Hall–Kier alpha value is -2.06. The van der Waals surface area contributed by atoms with E-state index < -0.39 is 6.10 Å². The molecule has 3 aromatic rings. The Morgan fingerprint density at radius 3 is 2.86 bits per heavy atom. The summed E-state index contributed by atoms with van der Waals surface area (Å²) in [6, 6.07) is 14.0.